The lowest BCUT2D eigenvalue weighted by atomic mass is 9.81. The van der Waals surface area contributed by atoms with Crippen LogP contribution in [0.3, 0.4) is 0 Å². The van der Waals surface area contributed by atoms with Gasteiger partial charge in [-0.15, -0.1) is 0 Å². The Hall–Kier alpha value is -1.78. The van der Waals surface area contributed by atoms with Crippen LogP contribution in [0.15, 0.2) is 48.5 Å². The smallest absolute Gasteiger partial charge is 0.123 e. The second-order valence-electron chi connectivity index (χ2n) is 7.42. The second kappa shape index (κ2) is 9.79. The Morgan fingerprint density at radius 3 is 1.73 bits per heavy atom. The zero-order chi connectivity index (χ0) is 18.2. The Morgan fingerprint density at radius 2 is 1.27 bits per heavy atom. The number of hydrogen-bond acceptors (Lipinski definition) is 2. The number of rotatable bonds is 8. The highest BCUT2D eigenvalue weighted by Gasteiger charge is 2.21. The molecule has 0 aromatic heterocycles. The molecular formula is C22H28F2N2. The van der Waals surface area contributed by atoms with Crippen molar-refractivity contribution in [2.75, 3.05) is 13.1 Å². The monoisotopic (exact) mass is 358 g/mol. The first kappa shape index (κ1) is 19.0. The lowest BCUT2D eigenvalue weighted by Crippen LogP contribution is -2.31. The Morgan fingerprint density at radius 1 is 0.769 bits per heavy atom. The summed E-state index contributed by atoms with van der Waals surface area (Å²) >= 11 is 0. The van der Waals surface area contributed by atoms with Gasteiger partial charge in [-0.2, -0.15) is 0 Å². The van der Waals surface area contributed by atoms with Crippen LogP contribution in [-0.2, 0) is 13.1 Å². The Labute approximate surface area is 155 Å². The normalized spacial score (nSPS) is 20.2. The van der Waals surface area contributed by atoms with Crippen molar-refractivity contribution in [2.45, 2.75) is 38.8 Å². The Balaban J connectivity index is 1.35. The maximum atomic E-state index is 13.2. The van der Waals surface area contributed by atoms with Crippen molar-refractivity contribution in [3.05, 3.63) is 71.3 Å². The molecule has 0 heterocycles. The summed E-state index contributed by atoms with van der Waals surface area (Å²) in [6.07, 6.45) is 5.00. The fraction of sp³-hybridized carbons (Fsp3) is 0.455. The molecule has 140 valence electrons. The summed E-state index contributed by atoms with van der Waals surface area (Å²) in [6.45, 7) is 3.40. The van der Waals surface area contributed by atoms with E-state index in [2.05, 4.69) is 10.6 Å². The number of nitrogens with one attached hydrogen (secondary N) is 2. The van der Waals surface area contributed by atoms with Crippen LogP contribution in [-0.4, -0.2) is 13.1 Å². The highest BCUT2D eigenvalue weighted by molar-refractivity contribution is 5.16. The Kier molecular flexibility index (Phi) is 7.15. The van der Waals surface area contributed by atoms with Gasteiger partial charge in [0.05, 0.1) is 0 Å². The average Bonchev–Trinajstić information content (AvgIpc) is 2.62. The van der Waals surface area contributed by atoms with Crippen molar-refractivity contribution in [3.8, 4) is 0 Å². The quantitative estimate of drug-likeness (QED) is 0.718. The fourth-order valence-corrected chi connectivity index (χ4v) is 3.91. The van der Waals surface area contributed by atoms with E-state index in [1.165, 1.54) is 37.8 Å². The van der Waals surface area contributed by atoms with E-state index < -0.39 is 0 Å². The van der Waals surface area contributed by atoms with Gasteiger partial charge in [0.15, 0.2) is 0 Å². The molecule has 2 unspecified atom stereocenters. The SMILES string of the molecule is Fc1cccc(CNCC2CCCC(CNCc3cccc(F)c3)C2)c1. The van der Waals surface area contributed by atoms with Crippen molar-refractivity contribution in [1.82, 2.24) is 10.6 Å². The molecule has 0 aliphatic heterocycles. The molecule has 3 rings (SSSR count). The predicted octanol–water partition coefficient (Wildman–Crippen LogP) is 4.65. The summed E-state index contributed by atoms with van der Waals surface area (Å²) in [7, 11) is 0. The van der Waals surface area contributed by atoms with Gasteiger partial charge in [0.25, 0.3) is 0 Å². The maximum Gasteiger partial charge on any atom is 0.123 e. The largest absolute Gasteiger partial charge is 0.312 e. The van der Waals surface area contributed by atoms with Crippen LogP contribution in [0.5, 0.6) is 0 Å². The molecule has 2 N–H and O–H groups in total. The van der Waals surface area contributed by atoms with E-state index in [9.17, 15) is 8.78 Å². The van der Waals surface area contributed by atoms with Crippen molar-refractivity contribution < 1.29 is 8.78 Å². The Bertz CT molecular complexity index is 632. The summed E-state index contributed by atoms with van der Waals surface area (Å²) in [4.78, 5) is 0. The van der Waals surface area contributed by atoms with Crippen LogP contribution in [0.25, 0.3) is 0 Å². The molecule has 1 aliphatic rings. The van der Waals surface area contributed by atoms with E-state index >= 15 is 0 Å². The molecule has 0 radical (unpaired) electrons. The summed E-state index contributed by atoms with van der Waals surface area (Å²) in [5, 5.41) is 6.96. The lowest BCUT2D eigenvalue weighted by molar-refractivity contribution is 0.252. The van der Waals surface area contributed by atoms with Crippen LogP contribution >= 0.6 is 0 Å². The van der Waals surface area contributed by atoms with E-state index in [1.54, 1.807) is 24.3 Å². The summed E-state index contributed by atoms with van der Waals surface area (Å²) in [6, 6.07) is 13.6. The van der Waals surface area contributed by atoms with Gasteiger partial charge in [-0.25, -0.2) is 8.78 Å². The first-order chi connectivity index (χ1) is 12.7. The third-order valence-electron chi connectivity index (χ3n) is 5.19. The van der Waals surface area contributed by atoms with Crippen LogP contribution in [0, 0.1) is 23.5 Å². The van der Waals surface area contributed by atoms with E-state index in [0.717, 1.165) is 37.3 Å². The van der Waals surface area contributed by atoms with Gasteiger partial charge in [-0.1, -0.05) is 30.7 Å². The molecule has 1 fully saturated rings. The van der Waals surface area contributed by atoms with Gasteiger partial charge in [0.2, 0.25) is 0 Å². The summed E-state index contributed by atoms with van der Waals surface area (Å²) in [5.41, 5.74) is 1.99. The molecule has 0 amide bonds. The molecule has 2 atom stereocenters. The fourth-order valence-electron chi connectivity index (χ4n) is 3.91. The van der Waals surface area contributed by atoms with Crippen molar-refractivity contribution in [2.24, 2.45) is 11.8 Å². The van der Waals surface area contributed by atoms with Gasteiger partial charge < -0.3 is 10.6 Å². The van der Waals surface area contributed by atoms with Crippen LogP contribution in [0.4, 0.5) is 8.78 Å². The third-order valence-corrected chi connectivity index (χ3v) is 5.19. The first-order valence-corrected chi connectivity index (χ1v) is 9.59. The van der Waals surface area contributed by atoms with E-state index in [-0.39, 0.29) is 11.6 Å². The van der Waals surface area contributed by atoms with Crippen LogP contribution in [0.1, 0.15) is 36.8 Å². The number of benzene rings is 2. The van der Waals surface area contributed by atoms with Crippen LogP contribution in [0.2, 0.25) is 0 Å². The summed E-state index contributed by atoms with van der Waals surface area (Å²) < 4.78 is 26.4. The highest BCUT2D eigenvalue weighted by Crippen LogP contribution is 2.28. The van der Waals surface area contributed by atoms with E-state index in [1.807, 2.05) is 12.1 Å². The van der Waals surface area contributed by atoms with Crippen molar-refractivity contribution >= 4 is 0 Å². The topological polar surface area (TPSA) is 24.1 Å². The van der Waals surface area contributed by atoms with Gasteiger partial charge in [-0.05, 0) is 79.6 Å². The third kappa shape index (κ3) is 6.19. The second-order valence-corrected chi connectivity index (χ2v) is 7.42. The molecule has 2 aromatic rings. The highest BCUT2D eigenvalue weighted by atomic mass is 19.1. The summed E-state index contributed by atoms with van der Waals surface area (Å²) in [5.74, 6) is 1.01. The number of hydrogen-bond donors (Lipinski definition) is 2. The molecule has 4 heteroatoms. The standard InChI is InChI=1S/C22H28F2N2/c23-21-8-2-6-19(11-21)15-25-13-17-4-1-5-18(10-17)14-26-16-20-7-3-9-22(24)12-20/h2-3,6-9,11-12,17-18,25-26H,1,4-5,10,13-16H2. The molecule has 1 saturated carbocycles. The average molecular weight is 358 g/mol. The molecule has 0 saturated heterocycles. The predicted molar refractivity (Wildman–Crippen MR) is 102 cm³/mol. The van der Waals surface area contributed by atoms with Gasteiger partial charge in [-0.3, -0.25) is 0 Å². The first-order valence-electron chi connectivity index (χ1n) is 9.59. The molecule has 2 nitrogen and oxygen atoms in total. The van der Waals surface area contributed by atoms with Crippen molar-refractivity contribution in [1.29, 1.82) is 0 Å². The van der Waals surface area contributed by atoms with E-state index in [4.69, 9.17) is 0 Å². The zero-order valence-corrected chi connectivity index (χ0v) is 15.2. The van der Waals surface area contributed by atoms with Gasteiger partial charge >= 0.3 is 0 Å². The van der Waals surface area contributed by atoms with E-state index in [0.29, 0.717) is 11.8 Å². The van der Waals surface area contributed by atoms with Gasteiger partial charge in [0.1, 0.15) is 11.6 Å². The molecule has 0 spiro atoms. The number of halogens is 2. The molecule has 1 aliphatic carbocycles. The molecule has 0 bridgehead atoms. The van der Waals surface area contributed by atoms with Gasteiger partial charge in [0, 0.05) is 13.1 Å². The molecule has 26 heavy (non-hydrogen) atoms. The maximum absolute atomic E-state index is 13.2. The molecule has 2 aromatic carbocycles. The molecular weight excluding hydrogens is 330 g/mol. The minimum Gasteiger partial charge on any atom is -0.312 e. The minimum absolute atomic E-state index is 0.175. The van der Waals surface area contributed by atoms with Crippen molar-refractivity contribution in [3.63, 3.8) is 0 Å². The lowest BCUT2D eigenvalue weighted by Gasteiger charge is -2.29. The van der Waals surface area contributed by atoms with Crippen LogP contribution < -0.4 is 10.6 Å². The minimum atomic E-state index is -0.175. The zero-order valence-electron chi connectivity index (χ0n) is 15.2.